The highest BCUT2D eigenvalue weighted by Crippen LogP contribution is 2.22. The fourth-order valence-corrected chi connectivity index (χ4v) is 4.55. The van der Waals surface area contributed by atoms with E-state index in [0.717, 1.165) is 25.7 Å². The van der Waals surface area contributed by atoms with E-state index < -0.39 is 10.0 Å². The molecule has 0 saturated carbocycles. The van der Waals surface area contributed by atoms with Gasteiger partial charge >= 0.3 is 0 Å². The fourth-order valence-electron chi connectivity index (χ4n) is 2.98. The minimum absolute atomic E-state index is 0.205. The highest BCUT2D eigenvalue weighted by Gasteiger charge is 2.25. The predicted molar refractivity (Wildman–Crippen MR) is 106 cm³/mol. The second-order valence-electron chi connectivity index (χ2n) is 6.42. The number of carbonyl (C=O) groups excluding carboxylic acids is 1. The van der Waals surface area contributed by atoms with E-state index in [4.69, 9.17) is 0 Å². The number of benzene rings is 1. The van der Waals surface area contributed by atoms with Gasteiger partial charge in [0.2, 0.25) is 15.9 Å². The number of nitrogens with zero attached hydrogens (tertiary/aromatic N) is 2. The molecule has 1 aromatic heterocycles. The normalized spacial score (nSPS) is 16.1. The maximum absolute atomic E-state index is 12.9. The average molecular weight is 385 g/mol. The van der Waals surface area contributed by atoms with Gasteiger partial charge in [-0.25, -0.2) is 8.42 Å². The molecule has 1 saturated heterocycles. The van der Waals surface area contributed by atoms with Crippen molar-refractivity contribution in [2.24, 2.45) is 0 Å². The summed E-state index contributed by atoms with van der Waals surface area (Å²) in [6.45, 7) is 1.09. The zero-order valence-corrected chi connectivity index (χ0v) is 15.9. The third-order valence-electron chi connectivity index (χ3n) is 4.40. The Balaban J connectivity index is 1.71. The molecule has 142 valence electrons. The van der Waals surface area contributed by atoms with E-state index in [9.17, 15) is 13.2 Å². The summed E-state index contributed by atoms with van der Waals surface area (Å²) in [7, 11) is -3.54. The van der Waals surface area contributed by atoms with Crippen LogP contribution in [0.1, 0.15) is 31.4 Å². The van der Waals surface area contributed by atoms with E-state index in [-0.39, 0.29) is 10.8 Å². The van der Waals surface area contributed by atoms with Gasteiger partial charge in [-0.15, -0.1) is 0 Å². The minimum Gasteiger partial charge on any atom is -0.322 e. The van der Waals surface area contributed by atoms with E-state index in [1.165, 1.54) is 12.1 Å². The number of rotatable bonds is 5. The third kappa shape index (κ3) is 5.24. The number of sulfonamides is 1. The molecule has 1 aromatic carbocycles. The summed E-state index contributed by atoms with van der Waals surface area (Å²) in [5.41, 5.74) is 1.12. The Kier molecular flexibility index (Phi) is 6.36. The van der Waals surface area contributed by atoms with Crippen molar-refractivity contribution in [1.29, 1.82) is 0 Å². The highest BCUT2D eigenvalue weighted by molar-refractivity contribution is 7.89. The average Bonchev–Trinajstić information content (AvgIpc) is 2.97. The summed E-state index contributed by atoms with van der Waals surface area (Å²) < 4.78 is 27.3. The van der Waals surface area contributed by atoms with Crippen LogP contribution in [0.2, 0.25) is 0 Å². The Morgan fingerprint density at radius 3 is 2.52 bits per heavy atom. The van der Waals surface area contributed by atoms with Gasteiger partial charge in [-0.3, -0.25) is 9.78 Å². The van der Waals surface area contributed by atoms with Crippen molar-refractivity contribution in [2.75, 3.05) is 18.4 Å². The molecule has 27 heavy (non-hydrogen) atoms. The van der Waals surface area contributed by atoms with Gasteiger partial charge in [-0.05, 0) is 49.2 Å². The Morgan fingerprint density at radius 1 is 1.04 bits per heavy atom. The lowest BCUT2D eigenvalue weighted by Crippen LogP contribution is -2.32. The second-order valence-corrected chi connectivity index (χ2v) is 8.36. The molecular formula is C20H23N3O3S. The summed E-state index contributed by atoms with van der Waals surface area (Å²) in [6, 6.07) is 11.8. The van der Waals surface area contributed by atoms with E-state index in [1.807, 2.05) is 6.07 Å². The lowest BCUT2D eigenvalue weighted by molar-refractivity contribution is -0.111. The van der Waals surface area contributed by atoms with Gasteiger partial charge in [-0.1, -0.05) is 25.0 Å². The fraction of sp³-hybridized carbons (Fsp3) is 0.300. The molecule has 6 nitrogen and oxygen atoms in total. The van der Waals surface area contributed by atoms with E-state index >= 15 is 0 Å². The van der Waals surface area contributed by atoms with Crippen molar-refractivity contribution < 1.29 is 13.2 Å². The smallest absolute Gasteiger partial charge is 0.248 e. The molecule has 3 rings (SSSR count). The summed E-state index contributed by atoms with van der Waals surface area (Å²) in [4.78, 5) is 16.4. The van der Waals surface area contributed by atoms with Crippen molar-refractivity contribution in [2.45, 2.75) is 30.6 Å². The van der Waals surface area contributed by atoms with Gasteiger partial charge in [-0.2, -0.15) is 4.31 Å². The maximum atomic E-state index is 12.9. The molecule has 1 aliphatic heterocycles. The van der Waals surface area contributed by atoms with Crippen LogP contribution >= 0.6 is 0 Å². The number of nitrogens with one attached hydrogen (secondary N) is 1. The molecule has 0 unspecified atom stereocenters. The molecule has 2 heterocycles. The topological polar surface area (TPSA) is 79.4 Å². The SMILES string of the molecule is O=C(/C=C\c1ccccn1)Nc1cccc(S(=O)(=O)N2CCCCCC2)c1. The summed E-state index contributed by atoms with van der Waals surface area (Å²) in [6.07, 6.45) is 8.51. The van der Waals surface area contributed by atoms with E-state index in [2.05, 4.69) is 10.3 Å². The van der Waals surface area contributed by atoms with Crippen LogP contribution in [0.5, 0.6) is 0 Å². The molecule has 0 radical (unpaired) electrons. The number of carbonyl (C=O) groups is 1. The summed E-state index contributed by atoms with van der Waals surface area (Å²) >= 11 is 0. The third-order valence-corrected chi connectivity index (χ3v) is 6.29. The van der Waals surface area contributed by atoms with Crippen LogP contribution in [-0.4, -0.2) is 36.7 Å². The molecule has 1 N–H and O–H groups in total. The molecule has 2 aromatic rings. The summed E-state index contributed by atoms with van der Waals surface area (Å²) in [5, 5.41) is 2.70. The first-order valence-corrected chi connectivity index (χ1v) is 10.5. The van der Waals surface area contributed by atoms with Gasteiger partial charge < -0.3 is 5.32 Å². The van der Waals surface area contributed by atoms with Crippen LogP contribution in [0.4, 0.5) is 5.69 Å². The van der Waals surface area contributed by atoms with Gasteiger partial charge in [0.1, 0.15) is 0 Å². The number of anilines is 1. The number of pyridine rings is 1. The van der Waals surface area contributed by atoms with Crippen molar-refractivity contribution in [3.05, 3.63) is 60.4 Å². The Bertz CT molecular complexity index is 903. The van der Waals surface area contributed by atoms with Crippen LogP contribution in [-0.2, 0) is 14.8 Å². The molecule has 1 fully saturated rings. The first-order valence-electron chi connectivity index (χ1n) is 9.06. The molecular weight excluding hydrogens is 362 g/mol. The van der Waals surface area contributed by atoms with Crippen LogP contribution in [0.25, 0.3) is 6.08 Å². The predicted octanol–water partition coefficient (Wildman–Crippen LogP) is 3.30. The standard InChI is InChI=1S/C20H23N3O3S/c24-20(12-11-17-8-3-4-13-21-17)22-18-9-7-10-19(16-18)27(25,26)23-14-5-1-2-6-15-23/h3-4,7-13,16H,1-2,5-6,14-15H2,(H,22,24)/b12-11-. The lowest BCUT2D eigenvalue weighted by atomic mass is 10.2. The minimum atomic E-state index is -3.54. The van der Waals surface area contributed by atoms with Crippen LogP contribution < -0.4 is 5.32 Å². The van der Waals surface area contributed by atoms with E-state index in [1.54, 1.807) is 46.9 Å². The molecule has 7 heteroatoms. The van der Waals surface area contributed by atoms with Crippen molar-refractivity contribution >= 4 is 27.7 Å². The first-order chi connectivity index (χ1) is 13.1. The monoisotopic (exact) mass is 385 g/mol. The zero-order chi connectivity index (χ0) is 19.1. The first kappa shape index (κ1) is 19.3. The van der Waals surface area contributed by atoms with Gasteiger partial charge in [0, 0.05) is 31.0 Å². The van der Waals surface area contributed by atoms with E-state index in [0.29, 0.717) is 24.5 Å². The Labute approximate surface area is 160 Å². The molecule has 0 bridgehead atoms. The zero-order valence-electron chi connectivity index (χ0n) is 15.0. The highest BCUT2D eigenvalue weighted by atomic mass is 32.2. The molecule has 1 aliphatic rings. The van der Waals surface area contributed by atoms with Gasteiger partial charge in [0.15, 0.2) is 0 Å². The summed E-state index contributed by atoms with van der Waals surface area (Å²) in [5.74, 6) is -0.343. The molecule has 1 amide bonds. The number of amides is 1. The van der Waals surface area contributed by atoms with Gasteiger partial charge in [0.25, 0.3) is 0 Å². The number of hydrogen-bond donors (Lipinski definition) is 1. The van der Waals surface area contributed by atoms with Gasteiger partial charge in [0.05, 0.1) is 10.6 Å². The van der Waals surface area contributed by atoms with Crippen molar-refractivity contribution in [3.8, 4) is 0 Å². The maximum Gasteiger partial charge on any atom is 0.248 e. The lowest BCUT2D eigenvalue weighted by Gasteiger charge is -2.20. The van der Waals surface area contributed by atoms with Crippen LogP contribution in [0.15, 0.2) is 59.6 Å². The van der Waals surface area contributed by atoms with Crippen molar-refractivity contribution in [1.82, 2.24) is 9.29 Å². The Hall–Kier alpha value is -2.51. The second kappa shape index (κ2) is 8.92. The number of hydrogen-bond acceptors (Lipinski definition) is 4. The molecule has 0 atom stereocenters. The largest absolute Gasteiger partial charge is 0.322 e. The Morgan fingerprint density at radius 2 is 1.81 bits per heavy atom. The van der Waals surface area contributed by atoms with Crippen molar-refractivity contribution in [3.63, 3.8) is 0 Å². The molecule has 0 aliphatic carbocycles. The van der Waals surface area contributed by atoms with Crippen LogP contribution in [0, 0.1) is 0 Å². The quantitative estimate of drug-likeness (QED) is 0.801. The number of aromatic nitrogens is 1. The van der Waals surface area contributed by atoms with Crippen LogP contribution in [0.3, 0.4) is 0 Å². The molecule has 0 spiro atoms.